The number of nitrogens with zero attached hydrogens (tertiary/aromatic N) is 1. The lowest BCUT2D eigenvalue weighted by molar-refractivity contribution is -0.254. The molecule has 2 aliphatic rings. The Morgan fingerprint density at radius 2 is 2.28 bits per heavy atom. The van der Waals surface area contributed by atoms with E-state index in [9.17, 15) is 4.79 Å². The number of fused-ring (bicyclic) bond motifs is 1. The van der Waals surface area contributed by atoms with Gasteiger partial charge in [-0.1, -0.05) is 13.8 Å². The molecule has 1 aliphatic carbocycles. The van der Waals surface area contributed by atoms with E-state index in [1.54, 1.807) is 25.3 Å². The molecule has 25 heavy (non-hydrogen) atoms. The van der Waals surface area contributed by atoms with Gasteiger partial charge in [-0.05, 0) is 31.9 Å². The monoisotopic (exact) mass is 345 g/mol. The number of rotatable bonds is 4. The highest BCUT2D eigenvalue weighted by molar-refractivity contribution is 5.73. The van der Waals surface area contributed by atoms with Gasteiger partial charge in [0.15, 0.2) is 5.76 Å². The number of oxazole rings is 1. The predicted molar refractivity (Wildman–Crippen MR) is 88.8 cm³/mol. The van der Waals surface area contributed by atoms with Gasteiger partial charge in [-0.3, -0.25) is 4.79 Å². The van der Waals surface area contributed by atoms with Crippen molar-refractivity contribution >= 4 is 5.97 Å². The summed E-state index contributed by atoms with van der Waals surface area (Å²) in [6.45, 7) is 6.81. The molecule has 0 radical (unpaired) electrons. The van der Waals surface area contributed by atoms with E-state index in [0.29, 0.717) is 29.0 Å². The standard InChI is InChI=1S/C19H23NO5/c1-11-13(20-18(24-11)14-7-5-8-22-14)10-15(21)25-17-12-6-4-9-23-16(12)19(17,2)3/h5,7-8,12,16-17H,4,6,9-10H2,1-3H3/t12-,16-,17+/m0/s1. The summed E-state index contributed by atoms with van der Waals surface area (Å²) >= 11 is 0. The van der Waals surface area contributed by atoms with Crippen LogP contribution in [0.4, 0.5) is 0 Å². The molecule has 6 nitrogen and oxygen atoms in total. The summed E-state index contributed by atoms with van der Waals surface area (Å²) in [5.41, 5.74) is 0.448. The maximum atomic E-state index is 12.5. The molecule has 0 aromatic carbocycles. The molecule has 134 valence electrons. The summed E-state index contributed by atoms with van der Waals surface area (Å²) < 4.78 is 22.5. The molecule has 0 bridgehead atoms. The first kappa shape index (κ1) is 16.4. The van der Waals surface area contributed by atoms with Gasteiger partial charge in [-0.15, -0.1) is 0 Å². The van der Waals surface area contributed by atoms with Gasteiger partial charge in [0.2, 0.25) is 0 Å². The Balaban J connectivity index is 1.43. The van der Waals surface area contributed by atoms with Crippen LogP contribution in [0.5, 0.6) is 0 Å². The number of ether oxygens (including phenoxy) is 2. The Morgan fingerprint density at radius 3 is 3.04 bits per heavy atom. The molecule has 2 aromatic heterocycles. The third-order valence-corrected chi connectivity index (χ3v) is 5.42. The normalized spacial score (nSPS) is 27.4. The minimum Gasteiger partial charge on any atom is -0.461 e. The highest BCUT2D eigenvalue weighted by Crippen LogP contribution is 2.53. The van der Waals surface area contributed by atoms with Gasteiger partial charge in [-0.25, -0.2) is 4.98 Å². The average Bonchev–Trinajstić information content (AvgIpc) is 3.23. The van der Waals surface area contributed by atoms with Gasteiger partial charge < -0.3 is 18.3 Å². The van der Waals surface area contributed by atoms with Crippen molar-refractivity contribution in [3.05, 3.63) is 29.9 Å². The SMILES string of the molecule is Cc1oc(-c2ccco2)nc1CC(=O)O[C@@H]1[C@H]2CCCO[C@@H]2C1(C)C. The first-order valence-electron chi connectivity index (χ1n) is 8.78. The van der Waals surface area contributed by atoms with Crippen LogP contribution in [0, 0.1) is 18.3 Å². The molecule has 6 heteroatoms. The maximum Gasteiger partial charge on any atom is 0.312 e. The van der Waals surface area contributed by atoms with Crippen LogP contribution in [0.3, 0.4) is 0 Å². The Labute approximate surface area is 146 Å². The van der Waals surface area contributed by atoms with Gasteiger partial charge in [0.1, 0.15) is 11.9 Å². The fraction of sp³-hybridized carbons (Fsp3) is 0.579. The van der Waals surface area contributed by atoms with Crippen molar-refractivity contribution in [2.45, 2.75) is 52.2 Å². The van der Waals surface area contributed by atoms with Gasteiger partial charge in [0.25, 0.3) is 5.89 Å². The third-order valence-electron chi connectivity index (χ3n) is 5.42. The van der Waals surface area contributed by atoms with E-state index in [1.807, 2.05) is 0 Å². The largest absolute Gasteiger partial charge is 0.461 e. The van der Waals surface area contributed by atoms with E-state index >= 15 is 0 Å². The molecular weight excluding hydrogens is 322 g/mol. The molecule has 0 unspecified atom stereocenters. The van der Waals surface area contributed by atoms with E-state index in [4.69, 9.17) is 18.3 Å². The maximum absolute atomic E-state index is 12.5. The van der Waals surface area contributed by atoms with Crippen LogP contribution in [0.15, 0.2) is 27.2 Å². The lowest BCUT2D eigenvalue weighted by atomic mass is 9.57. The van der Waals surface area contributed by atoms with Gasteiger partial charge >= 0.3 is 5.97 Å². The van der Waals surface area contributed by atoms with Crippen LogP contribution < -0.4 is 0 Å². The van der Waals surface area contributed by atoms with E-state index in [1.165, 1.54) is 0 Å². The van der Waals surface area contributed by atoms with Crippen LogP contribution in [0.2, 0.25) is 0 Å². The Hall–Kier alpha value is -2.08. The molecule has 3 heterocycles. The number of hydrogen-bond acceptors (Lipinski definition) is 6. The number of furan rings is 1. The average molecular weight is 345 g/mol. The second kappa shape index (κ2) is 6.02. The minimum absolute atomic E-state index is 0.0953. The zero-order chi connectivity index (χ0) is 17.6. The van der Waals surface area contributed by atoms with Crippen LogP contribution in [0.1, 0.15) is 38.1 Å². The number of carbonyl (C=O) groups excluding carboxylic acids is 1. The van der Waals surface area contributed by atoms with Crippen molar-refractivity contribution in [1.82, 2.24) is 4.98 Å². The Morgan fingerprint density at radius 1 is 1.44 bits per heavy atom. The molecule has 1 saturated heterocycles. The highest BCUT2D eigenvalue weighted by atomic mass is 16.6. The quantitative estimate of drug-likeness (QED) is 0.789. The summed E-state index contributed by atoms with van der Waals surface area (Å²) in [5.74, 6) is 1.57. The third kappa shape index (κ3) is 2.78. The van der Waals surface area contributed by atoms with E-state index < -0.39 is 0 Å². The van der Waals surface area contributed by atoms with E-state index in [0.717, 1.165) is 19.4 Å². The molecule has 1 aliphatic heterocycles. The summed E-state index contributed by atoms with van der Waals surface area (Å²) in [5, 5.41) is 0. The Bertz CT molecular complexity index is 761. The van der Waals surface area contributed by atoms with E-state index in [-0.39, 0.29) is 30.0 Å². The van der Waals surface area contributed by atoms with Crippen molar-refractivity contribution < 1.29 is 23.1 Å². The summed E-state index contributed by atoms with van der Waals surface area (Å²) in [4.78, 5) is 16.8. The van der Waals surface area contributed by atoms with Gasteiger partial charge in [-0.2, -0.15) is 0 Å². The summed E-state index contributed by atoms with van der Waals surface area (Å²) in [6.07, 6.45) is 3.84. The molecule has 1 saturated carbocycles. The molecule has 2 aromatic rings. The van der Waals surface area contributed by atoms with Crippen molar-refractivity contribution in [3.8, 4) is 11.7 Å². The molecule has 0 N–H and O–H groups in total. The van der Waals surface area contributed by atoms with Crippen molar-refractivity contribution in [1.29, 1.82) is 0 Å². The lowest BCUT2D eigenvalue weighted by Crippen LogP contribution is -2.65. The zero-order valence-corrected chi connectivity index (χ0v) is 14.8. The molecule has 4 rings (SSSR count). The molecule has 0 amide bonds. The number of aryl methyl sites for hydroxylation is 1. The minimum atomic E-state index is -0.274. The predicted octanol–water partition coefficient (Wildman–Crippen LogP) is 3.53. The molecule has 3 atom stereocenters. The van der Waals surface area contributed by atoms with Gasteiger partial charge in [0.05, 0.1) is 24.5 Å². The number of hydrogen-bond donors (Lipinski definition) is 0. The summed E-state index contributed by atoms with van der Waals surface area (Å²) in [7, 11) is 0. The summed E-state index contributed by atoms with van der Waals surface area (Å²) in [6, 6.07) is 3.54. The molecule has 2 fully saturated rings. The van der Waals surface area contributed by atoms with Crippen LogP contribution >= 0.6 is 0 Å². The topological polar surface area (TPSA) is 74.7 Å². The fourth-order valence-corrected chi connectivity index (χ4v) is 4.13. The van der Waals surface area contributed by atoms with Crippen molar-refractivity contribution in [2.75, 3.05) is 6.61 Å². The van der Waals surface area contributed by atoms with Crippen LogP contribution in [-0.2, 0) is 20.7 Å². The van der Waals surface area contributed by atoms with Crippen molar-refractivity contribution in [2.24, 2.45) is 11.3 Å². The fourth-order valence-electron chi connectivity index (χ4n) is 4.13. The lowest BCUT2D eigenvalue weighted by Gasteiger charge is -2.58. The van der Waals surface area contributed by atoms with Gasteiger partial charge in [0, 0.05) is 17.9 Å². The second-order valence-electron chi connectivity index (χ2n) is 7.51. The Kier molecular flexibility index (Phi) is 3.95. The molecular formula is C19H23NO5. The second-order valence-corrected chi connectivity index (χ2v) is 7.51. The zero-order valence-electron chi connectivity index (χ0n) is 14.8. The molecule has 0 spiro atoms. The van der Waals surface area contributed by atoms with Crippen molar-refractivity contribution in [3.63, 3.8) is 0 Å². The first-order valence-corrected chi connectivity index (χ1v) is 8.78. The number of esters is 1. The smallest absolute Gasteiger partial charge is 0.312 e. The number of aromatic nitrogens is 1. The number of carbonyl (C=O) groups is 1. The highest BCUT2D eigenvalue weighted by Gasteiger charge is 2.60. The van der Waals surface area contributed by atoms with Crippen LogP contribution in [0.25, 0.3) is 11.7 Å². The van der Waals surface area contributed by atoms with E-state index in [2.05, 4.69) is 18.8 Å². The first-order chi connectivity index (χ1) is 12.0. The van der Waals surface area contributed by atoms with Crippen LogP contribution in [-0.4, -0.2) is 29.8 Å².